The van der Waals surface area contributed by atoms with E-state index in [1.165, 1.54) is 24.3 Å². The predicted octanol–water partition coefficient (Wildman–Crippen LogP) is 6.28. The lowest BCUT2D eigenvalue weighted by Crippen LogP contribution is -2.15. The van der Waals surface area contributed by atoms with Crippen LogP contribution in [-0.2, 0) is 6.18 Å². The summed E-state index contributed by atoms with van der Waals surface area (Å²) in [5.74, 6) is -0.332. The highest BCUT2D eigenvalue weighted by Gasteiger charge is 2.38. The summed E-state index contributed by atoms with van der Waals surface area (Å²) in [4.78, 5) is 29.7. The van der Waals surface area contributed by atoms with E-state index in [4.69, 9.17) is 11.6 Å². The van der Waals surface area contributed by atoms with Gasteiger partial charge < -0.3 is 5.32 Å². The second kappa shape index (κ2) is 9.01. The first-order chi connectivity index (χ1) is 17.2. The molecule has 36 heavy (non-hydrogen) atoms. The van der Waals surface area contributed by atoms with Crippen molar-refractivity contribution >= 4 is 28.8 Å². The standard InChI is InChI=1S/C26H16ClF3N4O2/c27-18-11-9-15(10-12-18)22-23(26(28,29)30)33-34-21(35)14-20(32-24(22)34)17-7-4-8-19(13-17)31-25(36)16-5-2-1-3-6-16/h1-14,33H,(H,31,36). The number of aromatic nitrogens is 3. The minimum Gasteiger partial charge on any atom is -0.322 e. The predicted molar refractivity (Wildman–Crippen MR) is 131 cm³/mol. The minimum atomic E-state index is -4.77. The molecule has 0 bridgehead atoms. The van der Waals surface area contributed by atoms with Gasteiger partial charge in [0.05, 0.1) is 11.3 Å². The van der Waals surface area contributed by atoms with Crippen LogP contribution in [0.4, 0.5) is 18.9 Å². The van der Waals surface area contributed by atoms with E-state index in [1.54, 1.807) is 54.6 Å². The maximum atomic E-state index is 13.9. The maximum Gasteiger partial charge on any atom is 0.433 e. The number of carbonyl (C=O) groups excluding carboxylic acids is 1. The van der Waals surface area contributed by atoms with E-state index in [9.17, 15) is 22.8 Å². The normalized spacial score (nSPS) is 11.6. The number of halogens is 4. The molecule has 2 N–H and O–H groups in total. The van der Waals surface area contributed by atoms with Gasteiger partial charge in [0.2, 0.25) is 0 Å². The molecule has 1 amide bonds. The maximum absolute atomic E-state index is 13.9. The average Bonchev–Trinajstić information content (AvgIpc) is 3.26. The van der Waals surface area contributed by atoms with Crippen molar-refractivity contribution in [2.45, 2.75) is 6.18 Å². The molecule has 0 aliphatic rings. The Kier molecular flexibility index (Phi) is 5.85. The molecule has 0 fully saturated rings. The van der Waals surface area contributed by atoms with Crippen molar-refractivity contribution in [1.82, 2.24) is 14.6 Å². The Hall–Kier alpha value is -4.37. The molecule has 5 rings (SSSR count). The highest BCUT2D eigenvalue weighted by molar-refractivity contribution is 6.30. The van der Waals surface area contributed by atoms with Crippen LogP contribution in [0.15, 0.2) is 89.7 Å². The Morgan fingerprint density at radius 3 is 2.33 bits per heavy atom. The molecule has 0 spiro atoms. The van der Waals surface area contributed by atoms with Crippen molar-refractivity contribution in [2.24, 2.45) is 0 Å². The number of nitrogens with one attached hydrogen (secondary N) is 2. The molecule has 180 valence electrons. The Morgan fingerprint density at radius 2 is 1.64 bits per heavy atom. The number of anilines is 1. The van der Waals surface area contributed by atoms with E-state index in [-0.39, 0.29) is 28.4 Å². The van der Waals surface area contributed by atoms with Crippen LogP contribution in [0.25, 0.3) is 28.0 Å². The van der Waals surface area contributed by atoms with Crippen LogP contribution in [0.2, 0.25) is 5.02 Å². The summed E-state index contributed by atoms with van der Waals surface area (Å²) in [6.45, 7) is 0. The summed E-state index contributed by atoms with van der Waals surface area (Å²) in [5, 5.41) is 5.27. The number of hydrogen-bond acceptors (Lipinski definition) is 3. The van der Waals surface area contributed by atoms with Crippen molar-refractivity contribution in [1.29, 1.82) is 0 Å². The fourth-order valence-corrected chi connectivity index (χ4v) is 3.96. The van der Waals surface area contributed by atoms with Crippen LogP contribution in [0.3, 0.4) is 0 Å². The molecule has 0 aliphatic carbocycles. The highest BCUT2D eigenvalue weighted by Crippen LogP contribution is 2.38. The van der Waals surface area contributed by atoms with Gasteiger partial charge in [-0.05, 0) is 42.0 Å². The summed E-state index contributed by atoms with van der Waals surface area (Å²) < 4.78 is 42.4. The number of H-pyrrole nitrogens is 1. The van der Waals surface area contributed by atoms with Crippen molar-refractivity contribution in [3.05, 3.63) is 112 Å². The average molecular weight is 509 g/mol. The molecule has 3 aromatic carbocycles. The van der Waals surface area contributed by atoms with Crippen molar-refractivity contribution < 1.29 is 18.0 Å². The number of nitrogens with zero attached hydrogens (tertiary/aromatic N) is 2. The summed E-state index contributed by atoms with van der Waals surface area (Å²) in [6.07, 6.45) is -4.77. The number of amides is 1. The van der Waals surface area contributed by atoms with Crippen LogP contribution in [0.1, 0.15) is 16.1 Å². The first-order valence-corrected chi connectivity index (χ1v) is 11.0. The Morgan fingerprint density at radius 1 is 0.917 bits per heavy atom. The summed E-state index contributed by atoms with van der Waals surface area (Å²) in [6, 6.07) is 22.1. The van der Waals surface area contributed by atoms with E-state index >= 15 is 0 Å². The fraction of sp³-hybridized carbons (Fsp3) is 0.0385. The van der Waals surface area contributed by atoms with Gasteiger partial charge in [-0.3, -0.25) is 14.7 Å². The smallest absolute Gasteiger partial charge is 0.322 e. The van der Waals surface area contributed by atoms with Crippen molar-refractivity contribution in [2.75, 3.05) is 5.32 Å². The molecule has 2 heterocycles. The number of alkyl halides is 3. The molecule has 10 heteroatoms. The van der Waals surface area contributed by atoms with Gasteiger partial charge in [-0.15, -0.1) is 0 Å². The fourth-order valence-electron chi connectivity index (χ4n) is 3.83. The Labute approximate surface area is 207 Å². The van der Waals surface area contributed by atoms with Gasteiger partial charge in [-0.1, -0.05) is 54.1 Å². The van der Waals surface area contributed by atoms with Crippen LogP contribution in [0, 0.1) is 0 Å². The van der Waals surface area contributed by atoms with E-state index in [0.717, 1.165) is 10.6 Å². The molecule has 6 nitrogen and oxygen atoms in total. The zero-order valence-corrected chi connectivity index (χ0v) is 19.1. The Bertz CT molecular complexity index is 1640. The quantitative estimate of drug-likeness (QED) is 0.300. The van der Waals surface area contributed by atoms with Gasteiger partial charge in [0.25, 0.3) is 11.5 Å². The molecule has 2 aromatic heterocycles. The van der Waals surface area contributed by atoms with Gasteiger partial charge in [-0.2, -0.15) is 13.2 Å². The molecule has 0 unspecified atom stereocenters. The summed E-state index contributed by atoms with van der Waals surface area (Å²) in [5.41, 5.74) is -0.603. The molecule has 0 atom stereocenters. The van der Waals surface area contributed by atoms with Crippen LogP contribution < -0.4 is 10.9 Å². The van der Waals surface area contributed by atoms with E-state index in [1.807, 2.05) is 0 Å². The molecule has 0 aliphatic heterocycles. The lowest BCUT2D eigenvalue weighted by atomic mass is 10.1. The third kappa shape index (κ3) is 4.48. The molecular formula is C26H16ClF3N4O2. The number of rotatable bonds is 4. The number of aromatic amines is 1. The van der Waals surface area contributed by atoms with Gasteiger partial charge >= 0.3 is 6.18 Å². The number of hydrogen-bond donors (Lipinski definition) is 2. The van der Waals surface area contributed by atoms with Crippen LogP contribution in [-0.4, -0.2) is 20.5 Å². The minimum absolute atomic E-state index is 0.152. The largest absolute Gasteiger partial charge is 0.433 e. The number of carbonyl (C=O) groups is 1. The van der Waals surface area contributed by atoms with Crippen molar-refractivity contribution in [3.63, 3.8) is 0 Å². The van der Waals surface area contributed by atoms with E-state index in [2.05, 4.69) is 15.4 Å². The molecule has 0 saturated heterocycles. The lowest BCUT2D eigenvalue weighted by Gasteiger charge is -2.09. The van der Waals surface area contributed by atoms with Gasteiger partial charge in [-0.25, -0.2) is 9.50 Å². The highest BCUT2D eigenvalue weighted by atomic mass is 35.5. The van der Waals surface area contributed by atoms with Crippen molar-refractivity contribution in [3.8, 4) is 22.4 Å². The SMILES string of the molecule is O=C(Nc1cccc(-c2cc(=O)n3[nH]c(C(F)(F)F)c(-c4ccc(Cl)cc4)c3n2)c1)c1ccccc1. The number of fused-ring (bicyclic) bond motifs is 1. The third-order valence-electron chi connectivity index (χ3n) is 5.48. The Balaban J connectivity index is 1.62. The molecule has 0 radical (unpaired) electrons. The topological polar surface area (TPSA) is 79.3 Å². The van der Waals surface area contributed by atoms with Gasteiger partial charge in [0.15, 0.2) is 5.65 Å². The van der Waals surface area contributed by atoms with Crippen LogP contribution in [0.5, 0.6) is 0 Å². The van der Waals surface area contributed by atoms with Gasteiger partial charge in [0, 0.05) is 27.9 Å². The van der Waals surface area contributed by atoms with Crippen LogP contribution >= 0.6 is 11.6 Å². The van der Waals surface area contributed by atoms with E-state index in [0.29, 0.717) is 21.8 Å². The monoisotopic (exact) mass is 508 g/mol. The second-order valence-corrected chi connectivity index (χ2v) is 8.34. The lowest BCUT2D eigenvalue weighted by molar-refractivity contribution is -0.140. The molecule has 5 aromatic rings. The number of benzene rings is 3. The molecular weight excluding hydrogens is 493 g/mol. The summed E-state index contributed by atoms with van der Waals surface area (Å²) >= 11 is 5.91. The first-order valence-electron chi connectivity index (χ1n) is 10.7. The zero-order chi connectivity index (χ0) is 25.4. The summed E-state index contributed by atoms with van der Waals surface area (Å²) in [7, 11) is 0. The first kappa shape index (κ1) is 23.4. The van der Waals surface area contributed by atoms with Gasteiger partial charge in [0.1, 0.15) is 5.69 Å². The zero-order valence-electron chi connectivity index (χ0n) is 18.3. The molecule has 0 saturated carbocycles. The third-order valence-corrected chi connectivity index (χ3v) is 5.74. The second-order valence-electron chi connectivity index (χ2n) is 7.91. The van der Waals surface area contributed by atoms with E-state index < -0.39 is 17.4 Å².